The van der Waals surface area contributed by atoms with Crippen molar-refractivity contribution in [2.45, 2.75) is 13.3 Å². The minimum absolute atomic E-state index is 0.216. The van der Waals surface area contributed by atoms with Crippen LogP contribution in [0.5, 0.6) is 11.5 Å². The number of ether oxygens (including phenoxy) is 2. The second-order valence-corrected chi connectivity index (χ2v) is 6.43. The summed E-state index contributed by atoms with van der Waals surface area (Å²) >= 11 is 0. The van der Waals surface area contributed by atoms with Gasteiger partial charge in [-0.1, -0.05) is 30.3 Å². The van der Waals surface area contributed by atoms with Crippen molar-refractivity contribution >= 4 is 28.6 Å². The number of methoxy groups -OCH3 is 1. The summed E-state index contributed by atoms with van der Waals surface area (Å²) in [4.78, 5) is 23.8. The molecule has 5 heteroatoms. The molecular formula is C24H22O5. The van der Waals surface area contributed by atoms with Crippen molar-refractivity contribution in [3.63, 3.8) is 0 Å². The highest BCUT2D eigenvalue weighted by Crippen LogP contribution is 2.30. The third-order valence-electron chi connectivity index (χ3n) is 4.54. The molecule has 0 aliphatic heterocycles. The summed E-state index contributed by atoms with van der Waals surface area (Å²) in [6, 6.07) is 16.6. The van der Waals surface area contributed by atoms with Crippen LogP contribution in [0.2, 0.25) is 0 Å². The lowest BCUT2D eigenvalue weighted by Gasteiger charge is -2.11. The van der Waals surface area contributed by atoms with E-state index in [1.807, 2.05) is 43.3 Å². The maximum Gasteiger partial charge on any atom is 0.307 e. The molecule has 148 valence electrons. The lowest BCUT2D eigenvalue weighted by Crippen LogP contribution is -2.04. The van der Waals surface area contributed by atoms with E-state index in [0.29, 0.717) is 29.2 Å². The van der Waals surface area contributed by atoms with E-state index >= 15 is 0 Å². The number of carboxylic acid groups (broad SMARTS) is 1. The number of fused-ring (bicyclic) bond motifs is 1. The minimum Gasteiger partial charge on any atom is -0.496 e. The standard InChI is InChI=1S/C24H22O5/c1-3-29-23-13-8-16-6-4-5-7-19(16)20(23)10-11-21(25)17-9-12-22(28-2)18(14-17)15-24(26)27/h4-14H,3,15H2,1-2H3,(H,26,27)/b11-10+. The summed E-state index contributed by atoms with van der Waals surface area (Å²) in [6.45, 7) is 2.43. The normalized spacial score (nSPS) is 11.0. The number of hydrogen-bond acceptors (Lipinski definition) is 4. The lowest BCUT2D eigenvalue weighted by molar-refractivity contribution is -0.136. The summed E-state index contributed by atoms with van der Waals surface area (Å²) < 4.78 is 10.9. The zero-order valence-corrected chi connectivity index (χ0v) is 16.3. The first kappa shape index (κ1) is 20.1. The number of rotatable bonds is 8. The first-order chi connectivity index (χ1) is 14.0. The van der Waals surface area contributed by atoms with Crippen molar-refractivity contribution < 1.29 is 24.2 Å². The fraction of sp³-hybridized carbons (Fsp3) is 0.167. The topological polar surface area (TPSA) is 72.8 Å². The predicted octanol–water partition coefficient (Wildman–Crippen LogP) is 4.77. The molecule has 0 heterocycles. The molecular weight excluding hydrogens is 368 g/mol. The van der Waals surface area contributed by atoms with Crippen molar-refractivity contribution in [2.24, 2.45) is 0 Å². The molecule has 0 radical (unpaired) electrons. The zero-order chi connectivity index (χ0) is 20.8. The molecule has 0 saturated carbocycles. The Labute approximate surface area is 169 Å². The molecule has 5 nitrogen and oxygen atoms in total. The van der Waals surface area contributed by atoms with Crippen LogP contribution in [0.3, 0.4) is 0 Å². The van der Waals surface area contributed by atoms with E-state index < -0.39 is 5.97 Å². The number of allylic oxidation sites excluding steroid dienone is 1. The van der Waals surface area contributed by atoms with Gasteiger partial charge >= 0.3 is 5.97 Å². The lowest BCUT2D eigenvalue weighted by atomic mass is 10.0. The van der Waals surface area contributed by atoms with Crippen molar-refractivity contribution in [3.05, 3.63) is 77.4 Å². The van der Waals surface area contributed by atoms with Gasteiger partial charge in [0.15, 0.2) is 5.78 Å². The number of aliphatic carboxylic acids is 1. The molecule has 3 rings (SSSR count). The third-order valence-corrected chi connectivity index (χ3v) is 4.54. The molecule has 3 aromatic carbocycles. The Morgan fingerprint density at radius 1 is 1.03 bits per heavy atom. The van der Waals surface area contributed by atoms with E-state index in [4.69, 9.17) is 14.6 Å². The molecule has 0 spiro atoms. The molecule has 29 heavy (non-hydrogen) atoms. The van der Waals surface area contributed by atoms with Crippen molar-refractivity contribution in [2.75, 3.05) is 13.7 Å². The van der Waals surface area contributed by atoms with Crippen LogP contribution in [-0.2, 0) is 11.2 Å². The first-order valence-corrected chi connectivity index (χ1v) is 9.29. The van der Waals surface area contributed by atoms with E-state index in [9.17, 15) is 9.59 Å². The summed E-state index contributed by atoms with van der Waals surface area (Å²) in [5.41, 5.74) is 1.69. The van der Waals surface area contributed by atoms with Gasteiger partial charge in [0, 0.05) is 16.7 Å². The van der Waals surface area contributed by atoms with Crippen LogP contribution >= 0.6 is 0 Å². The number of benzene rings is 3. The highest BCUT2D eigenvalue weighted by molar-refractivity contribution is 6.08. The smallest absolute Gasteiger partial charge is 0.307 e. The second-order valence-electron chi connectivity index (χ2n) is 6.43. The molecule has 0 saturated heterocycles. The van der Waals surface area contributed by atoms with E-state index in [-0.39, 0.29) is 12.2 Å². The molecule has 3 aromatic rings. The molecule has 0 aliphatic carbocycles. The van der Waals surface area contributed by atoms with Crippen molar-refractivity contribution in [3.8, 4) is 11.5 Å². The Morgan fingerprint density at radius 3 is 2.52 bits per heavy atom. The van der Waals surface area contributed by atoms with Crippen LogP contribution < -0.4 is 9.47 Å². The molecule has 0 fully saturated rings. The van der Waals surface area contributed by atoms with E-state index in [0.717, 1.165) is 16.3 Å². The fourth-order valence-electron chi connectivity index (χ4n) is 3.22. The Balaban J connectivity index is 1.97. The Kier molecular flexibility index (Phi) is 6.29. The minimum atomic E-state index is -0.986. The maximum absolute atomic E-state index is 12.7. The van der Waals surface area contributed by atoms with Gasteiger partial charge in [0.05, 0.1) is 20.1 Å². The van der Waals surface area contributed by atoms with Gasteiger partial charge in [-0.15, -0.1) is 0 Å². The van der Waals surface area contributed by atoms with Gasteiger partial charge in [0.1, 0.15) is 11.5 Å². The Bertz CT molecular complexity index is 1080. The summed E-state index contributed by atoms with van der Waals surface area (Å²) in [5, 5.41) is 11.1. The van der Waals surface area contributed by atoms with Gasteiger partial charge < -0.3 is 14.6 Å². The summed E-state index contributed by atoms with van der Waals surface area (Å²) in [7, 11) is 1.47. The summed E-state index contributed by atoms with van der Waals surface area (Å²) in [5.74, 6) is -0.0626. The predicted molar refractivity (Wildman–Crippen MR) is 113 cm³/mol. The van der Waals surface area contributed by atoms with Crippen LogP contribution in [0.15, 0.2) is 60.7 Å². The van der Waals surface area contributed by atoms with Crippen LogP contribution in [-0.4, -0.2) is 30.6 Å². The second kappa shape index (κ2) is 9.06. The fourth-order valence-corrected chi connectivity index (χ4v) is 3.22. The van der Waals surface area contributed by atoms with Crippen molar-refractivity contribution in [1.82, 2.24) is 0 Å². The number of carbonyl (C=O) groups excluding carboxylic acids is 1. The van der Waals surface area contributed by atoms with Crippen LogP contribution in [0, 0.1) is 0 Å². The zero-order valence-electron chi connectivity index (χ0n) is 16.3. The molecule has 0 aromatic heterocycles. The maximum atomic E-state index is 12.7. The highest BCUT2D eigenvalue weighted by Gasteiger charge is 2.12. The molecule has 1 N–H and O–H groups in total. The molecule has 0 atom stereocenters. The highest BCUT2D eigenvalue weighted by atomic mass is 16.5. The van der Waals surface area contributed by atoms with Crippen LogP contribution in [0.1, 0.15) is 28.4 Å². The van der Waals surface area contributed by atoms with Gasteiger partial charge in [0.25, 0.3) is 0 Å². The Morgan fingerprint density at radius 2 is 1.79 bits per heavy atom. The molecule has 0 amide bonds. The van der Waals surface area contributed by atoms with E-state index in [1.54, 1.807) is 24.3 Å². The van der Waals surface area contributed by atoms with Crippen LogP contribution in [0.4, 0.5) is 0 Å². The van der Waals surface area contributed by atoms with Gasteiger partial charge in [-0.2, -0.15) is 0 Å². The van der Waals surface area contributed by atoms with Gasteiger partial charge in [-0.3, -0.25) is 9.59 Å². The van der Waals surface area contributed by atoms with Gasteiger partial charge in [0.2, 0.25) is 0 Å². The SMILES string of the molecule is CCOc1ccc2ccccc2c1/C=C/C(=O)c1ccc(OC)c(CC(=O)O)c1. The van der Waals surface area contributed by atoms with E-state index in [1.165, 1.54) is 13.2 Å². The number of carbonyl (C=O) groups is 2. The number of ketones is 1. The van der Waals surface area contributed by atoms with Gasteiger partial charge in [-0.25, -0.2) is 0 Å². The quantitative estimate of drug-likeness (QED) is 0.443. The molecule has 0 aliphatic rings. The molecule has 0 unspecified atom stereocenters. The Hall–Kier alpha value is -3.60. The largest absolute Gasteiger partial charge is 0.496 e. The third kappa shape index (κ3) is 4.63. The van der Waals surface area contributed by atoms with Gasteiger partial charge in [-0.05, 0) is 54.1 Å². The van der Waals surface area contributed by atoms with Crippen LogP contribution in [0.25, 0.3) is 16.8 Å². The summed E-state index contributed by atoms with van der Waals surface area (Å²) in [6.07, 6.45) is 3.01. The number of hydrogen-bond donors (Lipinski definition) is 1. The monoisotopic (exact) mass is 390 g/mol. The van der Waals surface area contributed by atoms with E-state index in [2.05, 4.69) is 0 Å². The average molecular weight is 390 g/mol. The number of carboxylic acids is 1. The first-order valence-electron chi connectivity index (χ1n) is 9.29. The van der Waals surface area contributed by atoms with Crippen molar-refractivity contribution in [1.29, 1.82) is 0 Å². The average Bonchev–Trinajstić information content (AvgIpc) is 2.72. The molecule has 0 bridgehead atoms.